The molecule has 0 heterocycles. The molecule has 0 aliphatic carbocycles. The number of aromatic hydroxyl groups is 2. The minimum atomic E-state index is -0.220. The van der Waals surface area contributed by atoms with E-state index in [0.717, 1.165) is 6.42 Å². The van der Waals surface area contributed by atoms with Gasteiger partial charge in [-0.25, -0.2) is 0 Å². The van der Waals surface area contributed by atoms with Gasteiger partial charge >= 0.3 is 0 Å². The molecule has 3 nitrogen and oxygen atoms in total. The first-order chi connectivity index (χ1) is 6.52. The quantitative estimate of drug-likeness (QED) is 0.647. The number of phenols is 2. The second-order valence-electron chi connectivity index (χ2n) is 3.95. The highest BCUT2D eigenvalue weighted by Crippen LogP contribution is 2.33. The summed E-state index contributed by atoms with van der Waals surface area (Å²) < 4.78 is 0. The minimum Gasteiger partial charge on any atom is -0.504 e. The topological polar surface area (TPSA) is 66.5 Å². The number of rotatable bonds is 3. The van der Waals surface area contributed by atoms with Crippen LogP contribution in [0.1, 0.15) is 31.9 Å². The van der Waals surface area contributed by atoms with E-state index in [0.29, 0.717) is 11.5 Å². The van der Waals surface area contributed by atoms with Crippen LogP contribution in [0.3, 0.4) is 0 Å². The normalized spacial score (nSPS) is 13.1. The van der Waals surface area contributed by atoms with E-state index in [2.05, 4.69) is 13.8 Å². The number of phenolic OH excluding ortho intramolecular Hbond substituents is 2. The van der Waals surface area contributed by atoms with Crippen LogP contribution in [-0.4, -0.2) is 10.2 Å². The highest BCUT2D eigenvalue weighted by atomic mass is 16.3. The van der Waals surface area contributed by atoms with Crippen molar-refractivity contribution < 1.29 is 10.2 Å². The molecule has 0 aliphatic rings. The maximum atomic E-state index is 9.55. The van der Waals surface area contributed by atoms with Crippen molar-refractivity contribution in [3.05, 3.63) is 23.8 Å². The Labute approximate surface area is 84.2 Å². The molecule has 0 saturated heterocycles. The highest BCUT2D eigenvalue weighted by Gasteiger charge is 2.14. The summed E-state index contributed by atoms with van der Waals surface area (Å²) in [5, 5.41) is 18.8. The lowest BCUT2D eigenvalue weighted by Gasteiger charge is -2.16. The van der Waals surface area contributed by atoms with Crippen molar-refractivity contribution in [1.29, 1.82) is 0 Å². The lowest BCUT2D eigenvalue weighted by atomic mass is 9.97. The van der Waals surface area contributed by atoms with E-state index in [9.17, 15) is 10.2 Å². The van der Waals surface area contributed by atoms with Crippen LogP contribution in [0.4, 0.5) is 0 Å². The molecule has 78 valence electrons. The molecule has 1 aromatic carbocycles. The summed E-state index contributed by atoms with van der Waals surface area (Å²) in [7, 11) is 0. The van der Waals surface area contributed by atoms with Crippen molar-refractivity contribution in [2.45, 2.75) is 26.3 Å². The third kappa shape index (κ3) is 2.39. The number of para-hydroxylation sites is 1. The monoisotopic (exact) mass is 195 g/mol. The molecule has 1 atom stereocenters. The second kappa shape index (κ2) is 4.33. The highest BCUT2D eigenvalue weighted by molar-refractivity contribution is 5.45. The van der Waals surface area contributed by atoms with Crippen molar-refractivity contribution >= 4 is 0 Å². The molecule has 14 heavy (non-hydrogen) atoms. The number of hydrogen-bond acceptors (Lipinski definition) is 3. The lowest BCUT2D eigenvalue weighted by molar-refractivity contribution is 0.391. The predicted octanol–water partition coefficient (Wildman–Crippen LogP) is 2.14. The largest absolute Gasteiger partial charge is 0.504 e. The molecule has 0 spiro atoms. The van der Waals surface area contributed by atoms with E-state index in [1.807, 2.05) is 0 Å². The molecule has 0 radical (unpaired) electrons. The Bertz CT molecular complexity index is 310. The van der Waals surface area contributed by atoms with E-state index in [1.165, 1.54) is 6.07 Å². The Morgan fingerprint density at radius 3 is 2.50 bits per heavy atom. The minimum absolute atomic E-state index is 0.0966. The molecule has 0 aliphatic heterocycles. The number of benzene rings is 1. The lowest BCUT2D eigenvalue weighted by Crippen LogP contribution is -2.12. The SMILES string of the molecule is CC(C)C[C@@H](N)c1cccc(O)c1O. The Kier molecular flexibility index (Phi) is 3.36. The first-order valence-corrected chi connectivity index (χ1v) is 4.78. The maximum absolute atomic E-state index is 9.55. The molecule has 0 amide bonds. The van der Waals surface area contributed by atoms with Gasteiger partial charge in [-0.3, -0.25) is 0 Å². The zero-order chi connectivity index (χ0) is 10.7. The smallest absolute Gasteiger partial charge is 0.162 e. The summed E-state index contributed by atoms with van der Waals surface area (Å²) >= 11 is 0. The summed E-state index contributed by atoms with van der Waals surface area (Å²) in [6.45, 7) is 4.14. The fourth-order valence-electron chi connectivity index (χ4n) is 1.48. The second-order valence-corrected chi connectivity index (χ2v) is 3.95. The molecule has 0 bridgehead atoms. The Morgan fingerprint density at radius 1 is 1.29 bits per heavy atom. The molecule has 0 fully saturated rings. The van der Waals surface area contributed by atoms with Gasteiger partial charge in [0.05, 0.1) is 0 Å². The van der Waals surface area contributed by atoms with Crippen LogP contribution in [0.25, 0.3) is 0 Å². The van der Waals surface area contributed by atoms with Crippen LogP contribution < -0.4 is 5.73 Å². The molecular weight excluding hydrogens is 178 g/mol. The van der Waals surface area contributed by atoms with Crippen LogP contribution in [0, 0.1) is 5.92 Å². The zero-order valence-electron chi connectivity index (χ0n) is 8.57. The van der Waals surface area contributed by atoms with Gasteiger partial charge in [-0.05, 0) is 18.4 Å². The van der Waals surface area contributed by atoms with E-state index in [4.69, 9.17) is 5.73 Å². The standard InChI is InChI=1S/C11H17NO2/c1-7(2)6-9(12)8-4-3-5-10(13)11(8)14/h3-5,7,9,13-14H,6,12H2,1-2H3/t9-/m1/s1. The number of hydrogen-bond donors (Lipinski definition) is 3. The van der Waals surface area contributed by atoms with Crippen LogP contribution in [-0.2, 0) is 0 Å². The zero-order valence-corrected chi connectivity index (χ0v) is 8.57. The summed E-state index contributed by atoms with van der Waals surface area (Å²) in [4.78, 5) is 0. The van der Waals surface area contributed by atoms with Gasteiger partial charge in [-0.15, -0.1) is 0 Å². The molecule has 0 saturated carbocycles. The van der Waals surface area contributed by atoms with Crippen molar-refractivity contribution in [1.82, 2.24) is 0 Å². The fourth-order valence-corrected chi connectivity index (χ4v) is 1.48. The van der Waals surface area contributed by atoms with Crippen LogP contribution >= 0.6 is 0 Å². The Hall–Kier alpha value is -1.22. The average Bonchev–Trinajstić information content (AvgIpc) is 2.08. The maximum Gasteiger partial charge on any atom is 0.162 e. The van der Waals surface area contributed by atoms with Crippen molar-refractivity contribution in [2.75, 3.05) is 0 Å². The third-order valence-corrected chi connectivity index (χ3v) is 2.17. The molecule has 1 rings (SSSR count). The van der Waals surface area contributed by atoms with Crippen LogP contribution in [0.5, 0.6) is 11.5 Å². The first-order valence-electron chi connectivity index (χ1n) is 4.78. The van der Waals surface area contributed by atoms with E-state index in [-0.39, 0.29) is 17.5 Å². The molecular formula is C11H17NO2. The first kappa shape index (κ1) is 10.9. The van der Waals surface area contributed by atoms with Gasteiger partial charge in [0.25, 0.3) is 0 Å². The van der Waals surface area contributed by atoms with Crippen molar-refractivity contribution in [3.63, 3.8) is 0 Å². The van der Waals surface area contributed by atoms with Gasteiger partial charge in [0.2, 0.25) is 0 Å². The van der Waals surface area contributed by atoms with Crippen LogP contribution in [0.2, 0.25) is 0 Å². The Morgan fingerprint density at radius 2 is 1.93 bits per heavy atom. The van der Waals surface area contributed by atoms with Crippen molar-refractivity contribution in [3.8, 4) is 11.5 Å². The summed E-state index contributed by atoms with van der Waals surface area (Å²) in [5.74, 6) is 0.258. The average molecular weight is 195 g/mol. The summed E-state index contributed by atoms with van der Waals surface area (Å²) in [6, 6.07) is 4.65. The molecule has 4 N–H and O–H groups in total. The van der Waals surface area contributed by atoms with Crippen molar-refractivity contribution in [2.24, 2.45) is 11.7 Å². The van der Waals surface area contributed by atoms with Crippen LogP contribution in [0.15, 0.2) is 18.2 Å². The molecule has 1 aromatic rings. The van der Waals surface area contributed by atoms with Gasteiger partial charge in [-0.1, -0.05) is 26.0 Å². The fraction of sp³-hybridized carbons (Fsp3) is 0.455. The third-order valence-electron chi connectivity index (χ3n) is 2.17. The van der Waals surface area contributed by atoms with E-state index < -0.39 is 0 Å². The van der Waals surface area contributed by atoms with Gasteiger partial charge in [-0.2, -0.15) is 0 Å². The van der Waals surface area contributed by atoms with Gasteiger partial charge in [0.1, 0.15) is 0 Å². The Balaban J connectivity index is 2.89. The summed E-state index contributed by atoms with van der Waals surface area (Å²) in [6.07, 6.45) is 0.789. The van der Waals surface area contributed by atoms with Gasteiger partial charge < -0.3 is 15.9 Å². The van der Waals surface area contributed by atoms with Gasteiger partial charge in [0, 0.05) is 11.6 Å². The predicted molar refractivity (Wildman–Crippen MR) is 56.2 cm³/mol. The molecule has 3 heteroatoms. The van der Waals surface area contributed by atoms with E-state index in [1.54, 1.807) is 12.1 Å². The molecule has 0 unspecified atom stereocenters. The van der Waals surface area contributed by atoms with E-state index >= 15 is 0 Å². The number of nitrogens with two attached hydrogens (primary N) is 1. The summed E-state index contributed by atoms with van der Waals surface area (Å²) in [5.41, 5.74) is 6.50. The van der Waals surface area contributed by atoms with Gasteiger partial charge in [0.15, 0.2) is 11.5 Å². The molecule has 0 aromatic heterocycles.